The fourth-order valence-corrected chi connectivity index (χ4v) is 2.27. The molecular weight excluding hydrogens is 305 g/mol. The van der Waals surface area contributed by atoms with Crippen molar-refractivity contribution in [2.75, 3.05) is 13.7 Å². The van der Waals surface area contributed by atoms with Gasteiger partial charge < -0.3 is 10.1 Å². The van der Waals surface area contributed by atoms with Crippen molar-refractivity contribution in [1.29, 1.82) is 0 Å². The zero-order valence-corrected chi connectivity index (χ0v) is 14.0. The van der Waals surface area contributed by atoms with Crippen LogP contribution in [0.1, 0.15) is 23.7 Å². The first kappa shape index (κ1) is 18.5. The average Bonchev–Trinajstić information content (AvgIpc) is 2.78. The minimum atomic E-state index is -0.233. The van der Waals surface area contributed by atoms with Crippen LogP contribution in [-0.2, 0) is 19.5 Å². The third-order valence-electron chi connectivity index (χ3n) is 3.51. The minimum Gasteiger partial charge on any atom is -0.497 e. The van der Waals surface area contributed by atoms with Gasteiger partial charge in [-0.25, -0.2) is 4.68 Å². The van der Waals surface area contributed by atoms with Crippen LogP contribution in [0.2, 0.25) is 0 Å². The molecule has 0 fully saturated rings. The number of nitrogens with zero attached hydrogens (tertiary/aromatic N) is 2. The Morgan fingerprint density at radius 2 is 2.14 bits per heavy atom. The predicted octanol–water partition coefficient (Wildman–Crippen LogP) is 3.11. The number of hydrogen-bond donors (Lipinski definition) is 1. The number of benzene rings is 1. The van der Waals surface area contributed by atoms with Crippen LogP contribution in [0.15, 0.2) is 24.3 Å². The number of hydrogen-bond acceptors (Lipinski definition) is 3. The molecule has 1 aromatic heterocycles. The van der Waals surface area contributed by atoms with Crippen molar-refractivity contribution >= 4 is 12.4 Å². The molecule has 0 radical (unpaired) electrons. The Morgan fingerprint density at radius 1 is 1.36 bits per heavy atom. The normalized spacial score (nSPS) is 10.4. The maximum absolute atomic E-state index is 14.0. The summed E-state index contributed by atoms with van der Waals surface area (Å²) in [7, 11) is 1.66. The summed E-state index contributed by atoms with van der Waals surface area (Å²) in [4.78, 5) is 0. The number of rotatable bonds is 7. The first-order valence-electron chi connectivity index (χ1n) is 7.21. The fraction of sp³-hybridized carbons (Fsp3) is 0.438. The highest BCUT2D eigenvalue weighted by Crippen LogP contribution is 2.13. The van der Waals surface area contributed by atoms with Crippen LogP contribution in [0.25, 0.3) is 0 Å². The topological polar surface area (TPSA) is 39.1 Å². The molecule has 0 bridgehead atoms. The molecule has 1 N–H and O–H groups in total. The van der Waals surface area contributed by atoms with Gasteiger partial charge in [-0.2, -0.15) is 9.49 Å². The zero-order valence-electron chi connectivity index (χ0n) is 13.2. The molecule has 122 valence electrons. The molecule has 1 aromatic carbocycles. The summed E-state index contributed by atoms with van der Waals surface area (Å²) in [5.74, 6) is 0.627. The van der Waals surface area contributed by atoms with Crippen LogP contribution in [0, 0.1) is 12.9 Å². The van der Waals surface area contributed by atoms with Gasteiger partial charge in [0.05, 0.1) is 12.8 Å². The number of halogens is 2. The van der Waals surface area contributed by atoms with E-state index in [1.807, 2.05) is 32.0 Å². The van der Waals surface area contributed by atoms with E-state index in [2.05, 4.69) is 16.5 Å². The first-order valence-corrected chi connectivity index (χ1v) is 7.21. The van der Waals surface area contributed by atoms with E-state index in [0.29, 0.717) is 18.7 Å². The molecule has 22 heavy (non-hydrogen) atoms. The molecule has 0 aliphatic rings. The largest absolute Gasteiger partial charge is 0.497 e. The van der Waals surface area contributed by atoms with Gasteiger partial charge in [-0.15, -0.1) is 12.4 Å². The van der Waals surface area contributed by atoms with Gasteiger partial charge in [0.1, 0.15) is 5.75 Å². The van der Waals surface area contributed by atoms with Gasteiger partial charge in [0.25, 0.3) is 0 Å². The Bertz CT molecular complexity index is 601. The Morgan fingerprint density at radius 3 is 2.77 bits per heavy atom. The number of nitrogens with one attached hydrogen (secondary N) is 1. The molecule has 1 heterocycles. The lowest BCUT2D eigenvalue weighted by Crippen LogP contribution is -2.18. The Kier molecular flexibility index (Phi) is 7.35. The van der Waals surface area contributed by atoms with E-state index in [-0.39, 0.29) is 18.4 Å². The second-order valence-corrected chi connectivity index (χ2v) is 4.95. The lowest BCUT2D eigenvalue weighted by Gasteiger charge is -2.06. The molecule has 2 rings (SSSR count). The monoisotopic (exact) mass is 327 g/mol. The highest BCUT2D eigenvalue weighted by atomic mass is 35.5. The van der Waals surface area contributed by atoms with Gasteiger partial charge >= 0.3 is 0 Å². The lowest BCUT2D eigenvalue weighted by molar-refractivity contribution is 0.414. The van der Waals surface area contributed by atoms with E-state index in [4.69, 9.17) is 4.74 Å². The van der Waals surface area contributed by atoms with Crippen LogP contribution in [0.5, 0.6) is 5.75 Å². The third-order valence-corrected chi connectivity index (χ3v) is 3.51. The van der Waals surface area contributed by atoms with Crippen molar-refractivity contribution in [2.45, 2.75) is 33.4 Å². The summed E-state index contributed by atoms with van der Waals surface area (Å²) < 4.78 is 20.6. The van der Waals surface area contributed by atoms with Gasteiger partial charge in [-0.05, 0) is 44.5 Å². The van der Waals surface area contributed by atoms with Crippen LogP contribution in [0.4, 0.5) is 4.39 Å². The summed E-state index contributed by atoms with van der Waals surface area (Å²) >= 11 is 0. The van der Waals surface area contributed by atoms with Gasteiger partial charge in [0.15, 0.2) is 0 Å². The predicted molar refractivity (Wildman–Crippen MR) is 88.2 cm³/mol. The van der Waals surface area contributed by atoms with Gasteiger partial charge in [0.2, 0.25) is 5.95 Å². The van der Waals surface area contributed by atoms with Crippen molar-refractivity contribution < 1.29 is 9.13 Å². The molecule has 6 heteroatoms. The highest BCUT2D eigenvalue weighted by Gasteiger charge is 2.13. The van der Waals surface area contributed by atoms with Gasteiger partial charge in [-0.3, -0.25) is 0 Å². The molecular formula is C16H23ClFN3O. The molecule has 0 saturated carbocycles. The molecule has 0 spiro atoms. The SMILES string of the molecule is CCn1nc(C)c(CNCCc2cccc(OC)c2)c1F.Cl. The average molecular weight is 328 g/mol. The summed E-state index contributed by atoms with van der Waals surface area (Å²) in [6.45, 7) is 5.56. The fourth-order valence-electron chi connectivity index (χ4n) is 2.27. The zero-order chi connectivity index (χ0) is 15.2. The number of ether oxygens (including phenoxy) is 1. The van der Waals surface area contributed by atoms with Crippen molar-refractivity contribution in [3.05, 3.63) is 47.0 Å². The van der Waals surface area contributed by atoms with Crippen LogP contribution in [0.3, 0.4) is 0 Å². The standard InChI is InChI=1S/C16H22FN3O.ClH/c1-4-20-16(17)15(12(2)19-20)11-18-9-8-13-6-5-7-14(10-13)21-3;/h5-7,10,18H,4,8-9,11H2,1-3H3;1H. The van der Waals surface area contributed by atoms with Crippen molar-refractivity contribution in [2.24, 2.45) is 0 Å². The first-order chi connectivity index (χ1) is 10.2. The summed E-state index contributed by atoms with van der Waals surface area (Å²) in [5.41, 5.74) is 2.61. The van der Waals surface area contributed by atoms with Crippen molar-refractivity contribution in [3.8, 4) is 5.75 Å². The minimum absolute atomic E-state index is 0. The number of aromatic nitrogens is 2. The molecule has 2 aromatic rings. The molecule has 4 nitrogen and oxygen atoms in total. The van der Waals surface area contributed by atoms with E-state index in [9.17, 15) is 4.39 Å². The van der Waals surface area contributed by atoms with E-state index in [1.54, 1.807) is 7.11 Å². The van der Waals surface area contributed by atoms with Gasteiger partial charge in [-0.1, -0.05) is 12.1 Å². The number of aryl methyl sites for hydroxylation is 2. The second kappa shape index (κ2) is 8.76. The van der Waals surface area contributed by atoms with E-state index < -0.39 is 0 Å². The quantitative estimate of drug-likeness (QED) is 0.794. The van der Waals surface area contributed by atoms with E-state index in [0.717, 1.165) is 24.4 Å². The molecule has 0 aliphatic heterocycles. The lowest BCUT2D eigenvalue weighted by atomic mass is 10.1. The Balaban J connectivity index is 0.00000242. The third kappa shape index (κ3) is 4.45. The van der Waals surface area contributed by atoms with Gasteiger partial charge in [0, 0.05) is 18.7 Å². The molecule has 0 saturated heterocycles. The summed E-state index contributed by atoms with van der Waals surface area (Å²) in [6, 6.07) is 7.98. The van der Waals surface area contributed by atoms with Crippen LogP contribution >= 0.6 is 12.4 Å². The summed E-state index contributed by atoms with van der Waals surface area (Å²) in [5, 5.41) is 7.45. The maximum atomic E-state index is 14.0. The van der Waals surface area contributed by atoms with Crippen molar-refractivity contribution in [3.63, 3.8) is 0 Å². The second-order valence-electron chi connectivity index (χ2n) is 4.95. The van der Waals surface area contributed by atoms with Crippen LogP contribution < -0.4 is 10.1 Å². The molecule has 0 unspecified atom stereocenters. The van der Waals surface area contributed by atoms with Crippen LogP contribution in [-0.4, -0.2) is 23.4 Å². The molecule has 0 amide bonds. The van der Waals surface area contributed by atoms with E-state index in [1.165, 1.54) is 10.2 Å². The van der Waals surface area contributed by atoms with E-state index >= 15 is 0 Å². The summed E-state index contributed by atoms with van der Waals surface area (Å²) in [6.07, 6.45) is 0.875. The molecule has 0 atom stereocenters. The number of methoxy groups -OCH3 is 1. The Hall–Kier alpha value is -1.59. The molecule has 0 aliphatic carbocycles. The maximum Gasteiger partial charge on any atom is 0.216 e. The highest BCUT2D eigenvalue weighted by molar-refractivity contribution is 5.85. The van der Waals surface area contributed by atoms with Crippen molar-refractivity contribution in [1.82, 2.24) is 15.1 Å². The smallest absolute Gasteiger partial charge is 0.216 e. The Labute approximate surface area is 137 Å².